The van der Waals surface area contributed by atoms with Crippen molar-refractivity contribution in [1.82, 2.24) is 9.78 Å². The van der Waals surface area contributed by atoms with E-state index in [1.807, 2.05) is 0 Å². The molecule has 4 rings (SSSR count). The zero-order valence-corrected chi connectivity index (χ0v) is 18.1. The summed E-state index contributed by atoms with van der Waals surface area (Å²) in [5.74, 6) is -10.8. The molecule has 2 aliphatic carbocycles. The fourth-order valence-electron chi connectivity index (χ4n) is 4.35. The van der Waals surface area contributed by atoms with Gasteiger partial charge in [0.25, 0.3) is 0 Å². The Morgan fingerprint density at radius 2 is 1.82 bits per heavy atom. The summed E-state index contributed by atoms with van der Waals surface area (Å²) >= 11 is 0. The van der Waals surface area contributed by atoms with Crippen LogP contribution in [0.2, 0.25) is 0 Å². The lowest BCUT2D eigenvalue weighted by molar-refractivity contribution is -0.313. The Labute approximate surface area is 190 Å². The number of rotatable bonds is 7. The van der Waals surface area contributed by atoms with E-state index in [1.165, 1.54) is 28.9 Å². The summed E-state index contributed by atoms with van der Waals surface area (Å²) in [7, 11) is 1.56. The third-order valence-corrected chi connectivity index (χ3v) is 6.40. The Balaban J connectivity index is 1.50. The van der Waals surface area contributed by atoms with Crippen LogP contribution in [0.5, 0.6) is 5.75 Å². The lowest BCUT2D eigenvalue weighted by Gasteiger charge is -2.43. The zero-order valence-electron chi connectivity index (χ0n) is 18.1. The van der Waals surface area contributed by atoms with Crippen LogP contribution < -0.4 is 10.1 Å². The molecular formula is C22H22F7N3O2. The number of anilines is 1. The minimum absolute atomic E-state index is 0.0707. The van der Waals surface area contributed by atoms with Gasteiger partial charge in [-0.2, -0.15) is 22.7 Å². The van der Waals surface area contributed by atoms with Gasteiger partial charge in [-0.3, -0.25) is 9.48 Å². The second-order valence-corrected chi connectivity index (χ2v) is 8.81. The van der Waals surface area contributed by atoms with E-state index in [9.17, 15) is 35.5 Å². The van der Waals surface area contributed by atoms with E-state index in [4.69, 9.17) is 0 Å². The number of aryl methyl sites for hydroxylation is 1. The highest BCUT2D eigenvalue weighted by Gasteiger charge is 2.71. The number of halogens is 7. The first-order chi connectivity index (χ1) is 15.8. The number of hydrogen-bond acceptors (Lipinski definition) is 3. The van der Waals surface area contributed by atoms with E-state index in [2.05, 4.69) is 15.2 Å². The summed E-state index contributed by atoms with van der Waals surface area (Å²) in [6.45, 7) is 0. The highest BCUT2D eigenvalue weighted by atomic mass is 19.4. The number of aromatic nitrogens is 2. The Kier molecular flexibility index (Phi) is 6.05. The molecule has 0 unspecified atom stereocenters. The van der Waals surface area contributed by atoms with Gasteiger partial charge in [0.15, 0.2) is 0 Å². The van der Waals surface area contributed by atoms with Crippen molar-refractivity contribution in [3.05, 3.63) is 41.1 Å². The number of carbonyl (C=O) groups is 1. The fraction of sp³-hybridized carbons (Fsp3) is 0.545. The molecule has 1 amide bonds. The number of hydrogen-bond donors (Lipinski definition) is 1. The molecule has 12 heteroatoms. The molecule has 1 N–H and O–H groups in total. The number of amides is 1. The van der Waals surface area contributed by atoms with E-state index >= 15 is 0 Å². The van der Waals surface area contributed by atoms with Crippen molar-refractivity contribution in [2.75, 3.05) is 5.32 Å². The molecule has 0 spiro atoms. The maximum Gasteiger partial charge on any atom is 0.573 e. The minimum atomic E-state index is -4.80. The van der Waals surface area contributed by atoms with Gasteiger partial charge < -0.3 is 10.1 Å². The van der Waals surface area contributed by atoms with Gasteiger partial charge in [-0.15, -0.1) is 13.2 Å². The molecule has 186 valence electrons. The number of benzene rings is 1. The van der Waals surface area contributed by atoms with Gasteiger partial charge in [-0.05, 0) is 36.5 Å². The van der Waals surface area contributed by atoms with Crippen LogP contribution in [-0.4, -0.2) is 33.9 Å². The van der Waals surface area contributed by atoms with Gasteiger partial charge in [-0.1, -0.05) is 18.6 Å². The maximum absolute atomic E-state index is 13.6. The Bertz CT molecular complexity index is 1060. The minimum Gasteiger partial charge on any atom is -0.406 e. The predicted octanol–water partition coefficient (Wildman–Crippen LogP) is 5.80. The lowest BCUT2D eigenvalue weighted by atomic mass is 9.74. The van der Waals surface area contributed by atoms with Crippen LogP contribution in [-0.2, 0) is 18.3 Å². The van der Waals surface area contributed by atoms with Gasteiger partial charge >= 0.3 is 18.2 Å². The maximum atomic E-state index is 13.6. The van der Waals surface area contributed by atoms with E-state index < -0.39 is 42.9 Å². The Hall–Kier alpha value is -2.79. The van der Waals surface area contributed by atoms with Gasteiger partial charge in [0.2, 0.25) is 5.91 Å². The van der Waals surface area contributed by atoms with Crippen LogP contribution in [0.25, 0.3) is 0 Å². The molecule has 0 aliphatic heterocycles. The normalized spacial score (nSPS) is 21.5. The average molecular weight is 493 g/mol. The summed E-state index contributed by atoms with van der Waals surface area (Å²) in [5.41, 5.74) is 1.97. The first-order valence-electron chi connectivity index (χ1n) is 10.7. The van der Waals surface area contributed by atoms with Crippen LogP contribution in [0.15, 0.2) is 24.3 Å². The molecule has 0 bridgehead atoms. The summed E-state index contributed by atoms with van der Waals surface area (Å²) in [5, 5.41) is 7.00. The fourth-order valence-corrected chi connectivity index (χ4v) is 4.35. The van der Waals surface area contributed by atoms with Crippen LogP contribution in [0.1, 0.15) is 54.8 Å². The van der Waals surface area contributed by atoms with Crippen molar-refractivity contribution in [3.8, 4) is 5.75 Å². The van der Waals surface area contributed by atoms with Crippen molar-refractivity contribution in [2.24, 2.45) is 13.0 Å². The SMILES string of the molecule is Cn1nc(Cc2ccc(OC(F)(F)F)cc2)c(C2CCC2)c1NC(=O)C[C@H]1CC(F)(F)C1(F)F. The molecule has 2 saturated carbocycles. The first kappa shape index (κ1) is 24.3. The molecule has 5 nitrogen and oxygen atoms in total. The van der Waals surface area contributed by atoms with Gasteiger partial charge in [-0.25, -0.2) is 0 Å². The van der Waals surface area contributed by atoms with Crippen molar-refractivity contribution < 1.29 is 40.3 Å². The molecule has 2 aromatic rings. The number of carbonyl (C=O) groups excluding carboxylic acids is 1. The standard InChI is InChI=1S/C22H22F7N3O2/c1-32-19(30-17(33)10-14-11-20(23,24)21(14,25)26)18(13-3-2-4-13)16(31-32)9-12-5-7-15(8-6-12)34-22(27,28)29/h5-8,13-14H,2-4,9-11H2,1H3,(H,30,33)/t14-/m0/s1. The largest absolute Gasteiger partial charge is 0.573 e. The summed E-state index contributed by atoms with van der Waals surface area (Å²) < 4.78 is 95.7. The summed E-state index contributed by atoms with van der Waals surface area (Å²) in [6, 6.07) is 5.31. The monoisotopic (exact) mass is 493 g/mol. The zero-order chi connectivity index (χ0) is 24.9. The lowest BCUT2D eigenvalue weighted by Crippen LogP contribution is -2.59. The summed E-state index contributed by atoms with van der Waals surface area (Å²) in [4.78, 5) is 12.4. The molecule has 0 saturated heterocycles. The molecular weight excluding hydrogens is 471 g/mol. The highest BCUT2D eigenvalue weighted by Crippen LogP contribution is 2.56. The van der Waals surface area contributed by atoms with Crippen LogP contribution in [0.4, 0.5) is 36.6 Å². The van der Waals surface area contributed by atoms with Crippen LogP contribution in [0, 0.1) is 5.92 Å². The topological polar surface area (TPSA) is 56.1 Å². The second-order valence-electron chi connectivity index (χ2n) is 8.81. The molecule has 2 aliphatic rings. The van der Waals surface area contributed by atoms with E-state index in [1.54, 1.807) is 7.05 Å². The van der Waals surface area contributed by atoms with E-state index in [-0.39, 0.29) is 18.1 Å². The van der Waals surface area contributed by atoms with Crippen LogP contribution in [0.3, 0.4) is 0 Å². The van der Waals surface area contributed by atoms with E-state index in [0.29, 0.717) is 17.1 Å². The molecule has 1 heterocycles. The molecule has 34 heavy (non-hydrogen) atoms. The first-order valence-corrected chi connectivity index (χ1v) is 10.7. The van der Waals surface area contributed by atoms with Crippen molar-refractivity contribution in [2.45, 2.75) is 62.7 Å². The molecule has 1 aromatic carbocycles. The quantitative estimate of drug-likeness (QED) is 0.497. The number of nitrogens with zero attached hydrogens (tertiary/aromatic N) is 2. The number of alkyl halides is 7. The smallest absolute Gasteiger partial charge is 0.406 e. The second kappa shape index (κ2) is 8.46. The van der Waals surface area contributed by atoms with Crippen molar-refractivity contribution in [3.63, 3.8) is 0 Å². The van der Waals surface area contributed by atoms with Gasteiger partial charge in [0.1, 0.15) is 11.6 Å². The number of nitrogens with one attached hydrogen (secondary N) is 1. The summed E-state index contributed by atoms with van der Waals surface area (Å²) in [6.07, 6.45) is -3.72. The molecule has 1 atom stereocenters. The Morgan fingerprint density at radius 3 is 2.32 bits per heavy atom. The molecule has 0 radical (unpaired) electrons. The van der Waals surface area contributed by atoms with Gasteiger partial charge in [0.05, 0.1) is 5.69 Å². The van der Waals surface area contributed by atoms with Crippen molar-refractivity contribution >= 4 is 11.7 Å². The molecule has 1 aromatic heterocycles. The molecule has 2 fully saturated rings. The average Bonchev–Trinajstić information content (AvgIpc) is 2.95. The van der Waals surface area contributed by atoms with E-state index in [0.717, 1.165) is 24.8 Å². The van der Waals surface area contributed by atoms with Crippen molar-refractivity contribution in [1.29, 1.82) is 0 Å². The number of ether oxygens (including phenoxy) is 1. The Morgan fingerprint density at radius 1 is 1.18 bits per heavy atom. The highest BCUT2D eigenvalue weighted by molar-refractivity contribution is 5.91. The third-order valence-electron chi connectivity index (χ3n) is 6.40. The van der Waals surface area contributed by atoms with Crippen LogP contribution >= 0.6 is 0 Å². The third kappa shape index (κ3) is 4.72. The van der Waals surface area contributed by atoms with Gasteiger partial charge in [0, 0.05) is 37.8 Å². The predicted molar refractivity (Wildman–Crippen MR) is 107 cm³/mol.